The SMILES string of the molecule is CCOC(=O)CCn1nnnc1-c1ccccc1Cl. The summed E-state index contributed by atoms with van der Waals surface area (Å²) < 4.78 is 6.40. The van der Waals surface area contributed by atoms with Crippen LogP contribution in [0.5, 0.6) is 0 Å². The van der Waals surface area contributed by atoms with Crippen LogP contribution in [0.1, 0.15) is 13.3 Å². The topological polar surface area (TPSA) is 69.9 Å². The van der Waals surface area contributed by atoms with E-state index in [4.69, 9.17) is 16.3 Å². The molecule has 0 saturated heterocycles. The van der Waals surface area contributed by atoms with Crippen LogP contribution in [-0.2, 0) is 16.1 Å². The van der Waals surface area contributed by atoms with Gasteiger partial charge in [-0.1, -0.05) is 23.7 Å². The minimum absolute atomic E-state index is 0.219. The summed E-state index contributed by atoms with van der Waals surface area (Å²) in [5, 5.41) is 12.0. The third-order valence-electron chi connectivity index (χ3n) is 2.48. The molecule has 0 atom stereocenters. The first-order chi connectivity index (χ1) is 9.22. The van der Waals surface area contributed by atoms with Gasteiger partial charge in [-0.3, -0.25) is 4.79 Å². The Morgan fingerprint density at radius 3 is 2.95 bits per heavy atom. The number of ether oxygens (including phenoxy) is 1. The molecule has 0 spiro atoms. The van der Waals surface area contributed by atoms with Gasteiger partial charge >= 0.3 is 5.97 Å². The Balaban J connectivity index is 2.14. The fraction of sp³-hybridized carbons (Fsp3) is 0.333. The second kappa shape index (κ2) is 6.29. The van der Waals surface area contributed by atoms with Crippen molar-refractivity contribution < 1.29 is 9.53 Å². The van der Waals surface area contributed by atoms with Gasteiger partial charge in [0.05, 0.1) is 24.6 Å². The van der Waals surface area contributed by atoms with Crippen molar-refractivity contribution in [1.82, 2.24) is 20.2 Å². The highest BCUT2D eigenvalue weighted by atomic mass is 35.5. The molecule has 0 bridgehead atoms. The summed E-state index contributed by atoms with van der Waals surface area (Å²) in [6.45, 7) is 2.49. The molecule has 0 saturated carbocycles. The van der Waals surface area contributed by atoms with E-state index < -0.39 is 0 Å². The Kier molecular flexibility index (Phi) is 4.46. The number of aromatic nitrogens is 4. The number of halogens is 1. The van der Waals surface area contributed by atoms with Gasteiger partial charge in [0.1, 0.15) is 0 Å². The Bertz CT molecular complexity index is 570. The van der Waals surface area contributed by atoms with Crippen LogP contribution in [0, 0.1) is 0 Å². The summed E-state index contributed by atoms with van der Waals surface area (Å²) in [7, 11) is 0. The van der Waals surface area contributed by atoms with Crippen molar-refractivity contribution in [1.29, 1.82) is 0 Å². The van der Waals surface area contributed by atoms with Gasteiger partial charge in [-0.25, -0.2) is 4.68 Å². The molecule has 0 unspecified atom stereocenters. The zero-order chi connectivity index (χ0) is 13.7. The second-order valence-electron chi connectivity index (χ2n) is 3.76. The van der Waals surface area contributed by atoms with E-state index >= 15 is 0 Å². The molecule has 19 heavy (non-hydrogen) atoms. The minimum Gasteiger partial charge on any atom is -0.466 e. The molecule has 0 aliphatic rings. The number of benzene rings is 1. The average Bonchev–Trinajstić information content (AvgIpc) is 2.85. The Hall–Kier alpha value is -1.95. The van der Waals surface area contributed by atoms with E-state index in [1.165, 1.54) is 4.68 Å². The molecule has 0 radical (unpaired) electrons. The predicted octanol–water partition coefficient (Wildman–Crippen LogP) is 1.95. The molecule has 2 aromatic rings. The van der Waals surface area contributed by atoms with Crippen LogP contribution in [0.15, 0.2) is 24.3 Å². The lowest BCUT2D eigenvalue weighted by molar-refractivity contribution is -0.143. The highest BCUT2D eigenvalue weighted by molar-refractivity contribution is 6.33. The van der Waals surface area contributed by atoms with E-state index in [2.05, 4.69) is 15.5 Å². The number of rotatable bonds is 5. The lowest BCUT2D eigenvalue weighted by Gasteiger charge is -2.05. The molecule has 0 aliphatic heterocycles. The van der Waals surface area contributed by atoms with Crippen LogP contribution < -0.4 is 0 Å². The van der Waals surface area contributed by atoms with Crippen molar-refractivity contribution in [3.8, 4) is 11.4 Å². The lowest BCUT2D eigenvalue weighted by Crippen LogP contribution is -2.11. The summed E-state index contributed by atoms with van der Waals surface area (Å²) in [6.07, 6.45) is 0.219. The largest absolute Gasteiger partial charge is 0.466 e. The molecule has 6 nitrogen and oxygen atoms in total. The maximum atomic E-state index is 11.3. The zero-order valence-corrected chi connectivity index (χ0v) is 11.2. The van der Waals surface area contributed by atoms with Crippen LogP contribution in [0.3, 0.4) is 0 Å². The third-order valence-corrected chi connectivity index (χ3v) is 2.81. The fourth-order valence-corrected chi connectivity index (χ4v) is 1.84. The van der Waals surface area contributed by atoms with Crippen molar-refractivity contribution in [3.05, 3.63) is 29.3 Å². The highest BCUT2D eigenvalue weighted by Gasteiger charge is 2.13. The van der Waals surface area contributed by atoms with Crippen molar-refractivity contribution in [2.75, 3.05) is 6.61 Å². The van der Waals surface area contributed by atoms with E-state index in [1.807, 2.05) is 18.2 Å². The monoisotopic (exact) mass is 280 g/mol. The molecule has 1 heterocycles. The van der Waals surface area contributed by atoms with Crippen LogP contribution in [0.25, 0.3) is 11.4 Å². The van der Waals surface area contributed by atoms with Crippen molar-refractivity contribution in [3.63, 3.8) is 0 Å². The first-order valence-corrected chi connectivity index (χ1v) is 6.27. The number of carbonyl (C=O) groups is 1. The molecule has 1 aromatic carbocycles. The third kappa shape index (κ3) is 3.29. The molecule has 1 aromatic heterocycles. The molecule has 0 N–H and O–H groups in total. The predicted molar refractivity (Wildman–Crippen MR) is 69.5 cm³/mol. The number of hydrogen-bond acceptors (Lipinski definition) is 5. The van der Waals surface area contributed by atoms with Gasteiger partial charge in [0.2, 0.25) is 0 Å². The van der Waals surface area contributed by atoms with Crippen LogP contribution in [0.4, 0.5) is 0 Å². The van der Waals surface area contributed by atoms with Gasteiger partial charge in [0.15, 0.2) is 5.82 Å². The molecule has 0 amide bonds. The van der Waals surface area contributed by atoms with Gasteiger partial charge in [0.25, 0.3) is 0 Å². The molecule has 0 aliphatic carbocycles. The molecular formula is C12H13ClN4O2. The number of esters is 1. The van der Waals surface area contributed by atoms with Gasteiger partial charge in [-0.2, -0.15) is 0 Å². The standard InChI is InChI=1S/C12H13ClN4O2/c1-2-19-11(18)7-8-17-12(14-15-16-17)9-5-3-4-6-10(9)13/h3-6H,2,7-8H2,1H3. The first-order valence-electron chi connectivity index (χ1n) is 5.89. The van der Waals surface area contributed by atoms with Crippen molar-refractivity contribution in [2.45, 2.75) is 19.9 Å². The lowest BCUT2D eigenvalue weighted by atomic mass is 10.2. The summed E-state index contributed by atoms with van der Waals surface area (Å²) in [5.41, 5.74) is 0.734. The summed E-state index contributed by atoms with van der Waals surface area (Å²) in [4.78, 5) is 11.3. The maximum absolute atomic E-state index is 11.3. The first kappa shape index (κ1) is 13.5. The van der Waals surface area contributed by atoms with Gasteiger partial charge in [-0.05, 0) is 29.5 Å². The van der Waals surface area contributed by atoms with Crippen LogP contribution >= 0.6 is 11.6 Å². The Labute approximate surface area is 115 Å². The summed E-state index contributed by atoms with van der Waals surface area (Å²) >= 11 is 6.10. The van der Waals surface area contributed by atoms with E-state index in [9.17, 15) is 4.79 Å². The minimum atomic E-state index is -0.275. The van der Waals surface area contributed by atoms with Crippen LogP contribution in [0.2, 0.25) is 5.02 Å². The number of nitrogens with zero attached hydrogens (tertiary/aromatic N) is 4. The maximum Gasteiger partial charge on any atom is 0.307 e. The molecule has 100 valence electrons. The molecular weight excluding hydrogens is 268 g/mol. The van der Waals surface area contributed by atoms with E-state index in [-0.39, 0.29) is 12.4 Å². The van der Waals surface area contributed by atoms with Gasteiger partial charge < -0.3 is 4.74 Å². The van der Waals surface area contributed by atoms with Crippen molar-refractivity contribution in [2.24, 2.45) is 0 Å². The zero-order valence-electron chi connectivity index (χ0n) is 10.4. The Morgan fingerprint density at radius 2 is 2.21 bits per heavy atom. The van der Waals surface area contributed by atoms with E-state index in [0.29, 0.717) is 24.0 Å². The quantitative estimate of drug-likeness (QED) is 0.783. The Morgan fingerprint density at radius 1 is 1.42 bits per heavy atom. The number of tetrazole rings is 1. The number of carbonyl (C=O) groups excluding carboxylic acids is 1. The number of aryl methyl sites for hydroxylation is 1. The molecule has 7 heteroatoms. The highest BCUT2D eigenvalue weighted by Crippen LogP contribution is 2.25. The normalized spacial score (nSPS) is 10.4. The van der Waals surface area contributed by atoms with E-state index in [0.717, 1.165) is 5.56 Å². The van der Waals surface area contributed by atoms with Crippen molar-refractivity contribution >= 4 is 17.6 Å². The molecule has 2 rings (SSSR count). The van der Waals surface area contributed by atoms with E-state index in [1.54, 1.807) is 13.0 Å². The van der Waals surface area contributed by atoms with Gasteiger partial charge in [-0.15, -0.1) is 5.10 Å². The molecule has 0 fully saturated rings. The smallest absolute Gasteiger partial charge is 0.307 e. The summed E-state index contributed by atoms with van der Waals surface area (Å²) in [6, 6.07) is 7.28. The van der Waals surface area contributed by atoms with Crippen LogP contribution in [-0.4, -0.2) is 32.8 Å². The fourth-order valence-electron chi connectivity index (χ4n) is 1.62. The van der Waals surface area contributed by atoms with Gasteiger partial charge in [0, 0.05) is 5.56 Å². The second-order valence-corrected chi connectivity index (χ2v) is 4.17. The summed E-state index contributed by atoms with van der Waals surface area (Å²) in [5.74, 6) is 0.262. The number of hydrogen-bond donors (Lipinski definition) is 0. The average molecular weight is 281 g/mol.